The molecule has 1 nitrogen and oxygen atoms in total. The van der Waals surface area contributed by atoms with Crippen molar-refractivity contribution in [3.05, 3.63) is 64.2 Å². The van der Waals surface area contributed by atoms with Crippen molar-refractivity contribution >= 4 is 0 Å². The van der Waals surface area contributed by atoms with E-state index in [9.17, 15) is 0 Å². The van der Waals surface area contributed by atoms with Gasteiger partial charge in [0.2, 0.25) is 0 Å². The molecule has 128 valence electrons. The molecule has 0 N–H and O–H groups in total. The highest BCUT2D eigenvalue weighted by Gasteiger charge is 2.19. The minimum Gasteiger partial charge on any atom is -0.496 e. The van der Waals surface area contributed by atoms with E-state index in [1.165, 1.54) is 40.7 Å². The number of aryl methyl sites for hydroxylation is 4. The lowest BCUT2D eigenvalue weighted by Crippen LogP contribution is -2.13. The summed E-state index contributed by atoms with van der Waals surface area (Å²) in [6, 6.07) is 13.9. The molecule has 1 aliphatic carbocycles. The summed E-state index contributed by atoms with van der Waals surface area (Å²) in [5.74, 6) is 1.13. The predicted octanol–water partition coefficient (Wildman–Crippen LogP) is 5.66. The Kier molecular flexibility index (Phi) is 4.99. The van der Waals surface area contributed by atoms with Gasteiger partial charge in [-0.3, -0.25) is 0 Å². The van der Waals surface area contributed by atoms with Crippen LogP contribution in [-0.4, -0.2) is 7.11 Å². The normalized spacial score (nSPS) is 15.3. The van der Waals surface area contributed by atoms with Crippen molar-refractivity contribution in [1.29, 1.82) is 0 Å². The van der Waals surface area contributed by atoms with Crippen LogP contribution < -0.4 is 4.74 Å². The molecule has 0 saturated heterocycles. The summed E-state index contributed by atoms with van der Waals surface area (Å²) in [7, 11) is 1.83. The topological polar surface area (TPSA) is 9.23 Å². The first-order chi connectivity index (χ1) is 11.5. The van der Waals surface area contributed by atoms with Crippen LogP contribution in [0, 0.1) is 0 Å². The second-order valence-corrected chi connectivity index (χ2v) is 8.10. The van der Waals surface area contributed by atoms with E-state index in [0.717, 1.165) is 31.4 Å². The Bertz CT molecular complexity index is 660. The van der Waals surface area contributed by atoms with E-state index < -0.39 is 0 Å². The minimum atomic E-state index is 0.178. The molecule has 0 fully saturated rings. The maximum Gasteiger partial charge on any atom is 0.125 e. The molecule has 24 heavy (non-hydrogen) atoms. The molecule has 0 atom stereocenters. The monoisotopic (exact) mass is 322 g/mol. The third kappa shape index (κ3) is 3.83. The van der Waals surface area contributed by atoms with Gasteiger partial charge in [0.05, 0.1) is 7.11 Å². The lowest BCUT2D eigenvalue weighted by atomic mass is 9.83. The molecule has 0 heterocycles. The van der Waals surface area contributed by atoms with Crippen LogP contribution in [0.2, 0.25) is 0 Å². The largest absolute Gasteiger partial charge is 0.496 e. The third-order valence-electron chi connectivity index (χ3n) is 5.13. The fourth-order valence-corrected chi connectivity index (χ4v) is 3.73. The van der Waals surface area contributed by atoms with Crippen LogP contribution in [0.4, 0.5) is 0 Å². The highest BCUT2D eigenvalue weighted by atomic mass is 16.5. The van der Waals surface area contributed by atoms with Crippen LogP contribution in [0.1, 0.15) is 61.4 Å². The maximum absolute atomic E-state index is 5.84. The number of methoxy groups -OCH3 is 1. The van der Waals surface area contributed by atoms with Gasteiger partial charge >= 0.3 is 0 Å². The molecule has 1 heteroatoms. The number of rotatable bonds is 1. The van der Waals surface area contributed by atoms with Gasteiger partial charge in [-0.25, -0.2) is 0 Å². The predicted molar refractivity (Wildman–Crippen MR) is 102 cm³/mol. The van der Waals surface area contributed by atoms with Gasteiger partial charge in [0.25, 0.3) is 0 Å². The van der Waals surface area contributed by atoms with Crippen molar-refractivity contribution < 1.29 is 4.74 Å². The summed E-state index contributed by atoms with van der Waals surface area (Å²) in [4.78, 5) is 0. The fraction of sp³-hybridized carbons (Fsp3) is 0.478. The van der Waals surface area contributed by atoms with E-state index in [1.54, 1.807) is 0 Å². The number of fused-ring (bicyclic) bond motifs is 4. The Morgan fingerprint density at radius 1 is 0.792 bits per heavy atom. The smallest absolute Gasteiger partial charge is 0.125 e. The molecular formula is C23H30O. The van der Waals surface area contributed by atoms with Crippen LogP contribution in [0.15, 0.2) is 36.4 Å². The van der Waals surface area contributed by atoms with Gasteiger partial charge < -0.3 is 4.74 Å². The highest BCUT2D eigenvalue weighted by Crippen LogP contribution is 2.34. The first kappa shape index (κ1) is 17.1. The van der Waals surface area contributed by atoms with E-state index in [1.807, 2.05) is 7.11 Å². The summed E-state index contributed by atoms with van der Waals surface area (Å²) in [5, 5.41) is 0. The van der Waals surface area contributed by atoms with E-state index in [0.29, 0.717) is 0 Å². The molecule has 0 unspecified atom stereocenters. The van der Waals surface area contributed by atoms with Crippen LogP contribution in [0.25, 0.3) is 0 Å². The van der Waals surface area contributed by atoms with Gasteiger partial charge in [0.1, 0.15) is 5.75 Å². The molecule has 0 radical (unpaired) electrons. The van der Waals surface area contributed by atoms with Crippen molar-refractivity contribution in [3.8, 4) is 5.75 Å². The first-order valence-corrected chi connectivity index (χ1v) is 9.25. The van der Waals surface area contributed by atoms with Gasteiger partial charge in [0, 0.05) is 0 Å². The molecule has 0 aromatic heterocycles. The SMILES string of the molecule is COc1c2cc(C(C)(C)C)cc1CCCc1cccc(c1)CCC2. The molecule has 0 spiro atoms. The molecular weight excluding hydrogens is 292 g/mol. The summed E-state index contributed by atoms with van der Waals surface area (Å²) in [5.41, 5.74) is 7.33. The Labute approximate surface area is 147 Å². The zero-order valence-electron chi connectivity index (χ0n) is 15.6. The zero-order chi connectivity index (χ0) is 17.2. The van der Waals surface area contributed by atoms with Crippen LogP contribution in [0.3, 0.4) is 0 Å². The molecule has 1 aliphatic rings. The minimum absolute atomic E-state index is 0.178. The number of benzene rings is 2. The molecule has 2 aromatic carbocycles. The second kappa shape index (κ2) is 7.01. The summed E-state index contributed by atoms with van der Waals surface area (Å²) in [6.07, 6.45) is 6.81. The Morgan fingerprint density at radius 3 is 1.79 bits per heavy atom. The van der Waals surface area contributed by atoms with Crippen molar-refractivity contribution in [2.24, 2.45) is 0 Å². The lowest BCUT2D eigenvalue weighted by Gasteiger charge is -2.24. The molecule has 4 bridgehead atoms. The van der Waals surface area contributed by atoms with Crippen molar-refractivity contribution in [1.82, 2.24) is 0 Å². The van der Waals surface area contributed by atoms with E-state index in [-0.39, 0.29) is 5.41 Å². The third-order valence-corrected chi connectivity index (χ3v) is 5.13. The summed E-state index contributed by atoms with van der Waals surface area (Å²) < 4.78 is 5.84. The number of hydrogen-bond donors (Lipinski definition) is 0. The first-order valence-electron chi connectivity index (χ1n) is 9.25. The lowest BCUT2D eigenvalue weighted by molar-refractivity contribution is 0.402. The fourth-order valence-electron chi connectivity index (χ4n) is 3.73. The van der Waals surface area contributed by atoms with Crippen LogP contribution >= 0.6 is 0 Å². The van der Waals surface area contributed by atoms with Gasteiger partial charge in [-0.15, -0.1) is 0 Å². The molecule has 0 aliphatic heterocycles. The summed E-state index contributed by atoms with van der Waals surface area (Å²) >= 11 is 0. The number of ether oxygens (including phenoxy) is 1. The second-order valence-electron chi connectivity index (χ2n) is 8.10. The average Bonchev–Trinajstić information content (AvgIpc) is 2.53. The van der Waals surface area contributed by atoms with Crippen molar-refractivity contribution in [2.75, 3.05) is 7.11 Å². The quantitative estimate of drug-likeness (QED) is 0.658. The van der Waals surface area contributed by atoms with Gasteiger partial charge in [-0.1, -0.05) is 57.2 Å². The molecule has 0 amide bonds. The Morgan fingerprint density at radius 2 is 1.33 bits per heavy atom. The standard InChI is InChI=1S/C23H30O/c1-23(2,3)21-15-19-12-6-10-17-8-5-9-18(14-17)11-7-13-20(16-21)22(19)24-4/h5,8-9,14-16H,6-7,10-13H2,1-4H3. The van der Waals surface area contributed by atoms with Gasteiger partial charge in [-0.2, -0.15) is 0 Å². The van der Waals surface area contributed by atoms with E-state index >= 15 is 0 Å². The average molecular weight is 322 g/mol. The van der Waals surface area contributed by atoms with Gasteiger partial charge in [0.15, 0.2) is 0 Å². The van der Waals surface area contributed by atoms with Gasteiger partial charge in [-0.05, 0) is 71.8 Å². The van der Waals surface area contributed by atoms with Crippen LogP contribution in [0.5, 0.6) is 5.75 Å². The molecule has 0 saturated carbocycles. The molecule has 2 aromatic rings. The molecule has 3 rings (SSSR count). The van der Waals surface area contributed by atoms with Crippen LogP contribution in [-0.2, 0) is 31.1 Å². The maximum atomic E-state index is 5.84. The van der Waals surface area contributed by atoms with Crippen molar-refractivity contribution in [3.63, 3.8) is 0 Å². The number of hydrogen-bond acceptors (Lipinski definition) is 1. The van der Waals surface area contributed by atoms with Crippen molar-refractivity contribution in [2.45, 2.75) is 64.7 Å². The Balaban J connectivity index is 1.99. The van der Waals surface area contributed by atoms with E-state index in [2.05, 4.69) is 57.2 Å². The summed E-state index contributed by atoms with van der Waals surface area (Å²) in [6.45, 7) is 6.91. The zero-order valence-corrected chi connectivity index (χ0v) is 15.6. The van der Waals surface area contributed by atoms with E-state index in [4.69, 9.17) is 4.74 Å². The Hall–Kier alpha value is -1.76. The highest BCUT2D eigenvalue weighted by molar-refractivity contribution is 5.47.